The number of hydrogen-bond acceptors (Lipinski definition) is 5. The van der Waals surface area contributed by atoms with Crippen molar-refractivity contribution in [2.24, 2.45) is 0 Å². The molecule has 1 heterocycles. The molecule has 27 heavy (non-hydrogen) atoms. The molecule has 3 rings (SSSR count). The minimum atomic E-state index is -0.248. The Morgan fingerprint density at radius 1 is 1.30 bits per heavy atom. The summed E-state index contributed by atoms with van der Waals surface area (Å²) in [5, 5.41) is 12.7. The zero-order chi connectivity index (χ0) is 19.2. The third-order valence-corrected chi connectivity index (χ3v) is 4.72. The molecule has 0 fully saturated rings. The number of nitrogens with one attached hydrogen (secondary N) is 1. The normalized spacial score (nSPS) is 10.3. The Hall–Kier alpha value is -3.37. The maximum atomic E-state index is 12.7. The van der Waals surface area contributed by atoms with Crippen LogP contribution in [0, 0.1) is 11.3 Å². The molecule has 0 bridgehead atoms. The van der Waals surface area contributed by atoms with Crippen molar-refractivity contribution in [2.75, 3.05) is 11.1 Å². The highest BCUT2D eigenvalue weighted by Crippen LogP contribution is 2.18. The molecule has 134 valence electrons. The number of nitrogens with zero attached hydrogens (tertiary/aromatic N) is 3. The van der Waals surface area contributed by atoms with E-state index in [1.54, 1.807) is 48.5 Å². The summed E-state index contributed by atoms with van der Waals surface area (Å²) in [5.41, 5.74) is 1.45. The lowest BCUT2D eigenvalue weighted by Crippen LogP contribution is -2.23. The fourth-order valence-electron chi connectivity index (χ4n) is 2.54. The molecule has 1 amide bonds. The number of nitriles is 1. The van der Waals surface area contributed by atoms with Gasteiger partial charge in [-0.25, -0.2) is 4.98 Å². The Morgan fingerprint density at radius 3 is 2.89 bits per heavy atom. The second kappa shape index (κ2) is 8.34. The van der Waals surface area contributed by atoms with Crippen LogP contribution in [0.5, 0.6) is 0 Å². The molecule has 0 saturated heterocycles. The fraction of sp³-hybridized carbons (Fsp3) is 0.100. The first-order chi connectivity index (χ1) is 13.1. The molecule has 0 aliphatic heterocycles. The molecule has 0 aliphatic carbocycles. The van der Waals surface area contributed by atoms with Gasteiger partial charge >= 0.3 is 0 Å². The number of para-hydroxylation sites is 1. The Kier molecular flexibility index (Phi) is 5.69. The molecule has 7 heteroatoms. The van der Waals surface area contributed by atoms with Gasteiger partial charge in [0.2, 0.25) is 5.91 Å². The number of aromatic nitrogens is 2. The van der Waals surface area contributed by atoms with Crippen LogP contribution < -0.4 is 10.9 Å². The summed E-state index contributed by atoms with van der Waals surface area (Å²) in [6.07, 6.45) is 1.62. The molecular weight excluding hydrogens is 360 g/mol. The predicted molar refractivity (Wildman–Crippen MR) is 107 cm³/mol. The quantitative estimate of drug-likeness (QED) is 0.405. The topological polar surface area (TPSA) is 87.8 Å². The first-order valence-electron chi connectivity index (χ1n) is 8.15. The second-order valence-corrected chi connectivity index (χ2v) is 6.59. The molecule has 3 aromatic rings. The summed E-state index contributed by atoms with van der Waals surface area (Å²) in [4.78, 5) is 29.4. The Bertz CT molecular complexity index is 1110. The van der Waals surface area contributed by atoms with Gasteiger partial charge < -0.3 is 5.32 Å². The van der Waals surface area contributed by atoms with Gasteiger partial charge in [0, 0.05) is 12.2 Å². The van der Waals surface area contributed by atoms with Crippen molar-refractivity contribution in [1.29, 1.82) is 5.26 Å². The van der Waals surface area contributed by atoms with E-state index in [1.165, 1.54) is 16.3 Å². The van der Waals surface area contributed by atoms with Gasteiger partial charge in [0.15, 0.2) is 5.16 Å². The molecular formula is C20H16N4O2S. The number of hydrogen-bond donors (Lipinski definition) is 1. The lowest BCUT2D eigenvalue weighted by Gasteiger charge is -2.11. The minimum absolute atomic E-state index is 0.0820. The number of rotatable bonds is 6. The van der Waals surface area contributed by atoms with Gasteiger partial charge in [-0.15, -0.1) is 6.58 Å². The zero-order valence-corrected chi connectivity index (χ0v) is 15.2. The van der Waals surface area contributed by atoms with Crippen molar-refractivity contribution in [2.45, 2.75) is 11.7 Å². The second-order valence-electron chi connectivity index (χ2n) is 5.65. The van der Waals surface area contributed by atoms with Gasteiger partial charge in [-0.1, -0.05) is 36.0 Å². The lowest BCUT2D eigenvalue weighted by atomic mass is 10.2. The van der Waals surface area contributed by atoms with Crippen LogP contribution in [0.4, 0.5) is 5.69 Å². The molecule has 0 spiro atoms. The van der Waals surface area contributed by atoms with E-state index < -0.39 is 0 Å². The average molecular weight is 376 g/mol. The SMILES string of the molecule is C=CCn1c(SCC(=O)Nc2cccc(C#N)c2)nc2ccccc2c1=O. The van der Waals surface area contributed by atoms with Crippen LogP contribution in [0.1, 0.15) is 5.56 Å². The number of amides is 1. The summed E-state index contributed by atoms with van der Waals surface area (Å²) < 4.78 is 1.50. The third-order valence-electron chi connectivity index (χ3n) is 3.75. The zero-order valence-electron chi connectivity index (χ0n) is 14.4. The maximum Gasteiger partial charge on any atom is 0.262 e. The molecule has 0 unspecified atom stereocenters. The van der Waals surface area contributed by atoms with Crippen molar-refractivity contribution in [3.8, 4) is 6.07 Å². The molecule has 0 radical (unpaired) electrons. The summed E-state index contributed by atoms with van der Waals surface area (Å²) in [7, 11) is 0. The molecule has 6 nitrogen and oxygen atoms in total. The van der Waals surface area contributed by atoms with Crippen LogP contribution in [-0.4, -0.2) is 21.2 Å². The van der Waals surface area contributed by atoms with Gasteiger partial charge in [0.1, 0.15) is 0 Å². The molecule has 1 N–H and O–H groups in total. The van der Waals surface area contributed by atoms with Crippen molar-refractivity contribution < 1.29 is 4.79 Å². The number of benzene rings is 2. The lowest BCUT2D eigenvalue weighted by molar-refractivity contribution is -0.113. The van der Waals surface area contributed by atoms with E-state index in [0.717, 1.165) is 0 Å². The van der Waals surface area contributed by atoms with E-state index in [4.69, 9.17) is 5.26 Å². The van der Waals surface area contributed by atoms with Gasteiger partial charge in [-0.2, -0.15) is 5.26 Å². The summed E-state index contributed by atoms with van der Waals surface area (Å²) >= 11 is 1.18. The Morgan fingerprint density at radius 2 is 2.11 bits per heavy atom. The number of anilines is 1. The van der Waals surface area contributed by atoms with E-state index in [-0.39, 0.29) is 17.2 Å². The molecule has 0 atom stereocenters. The summed E-state index contributed by atoms with van der Waals surface area (Å²) in [6, 6.07) is 15.8. The van der Waals surface area contributed by atoms with E-state index in [0.29, 0.717) is 33.9 Å². The highest BCUT2D eigenvalue weighted by molar-refractivity contribution is 7.99. The van der Waals surface area contributed by atoms with Crippen LogP contribution in [0.25, 0.3) is 10.9 Å². The number of carbonyl (C=O) groups is 1. The van der Waals surface area contributed by atoms with Gasteiger partial charge in [-0.05, 0) is 30.3 Å². The minimum Gasteiger partial charge on any atom is -0.325 e. The summed E-state index contributed by atoms with van der Waals surface area (Å²) in [5.74, 6) is -0.165. The Balaban J connectivity index is 1.80. The van der Waals surface area contributed by atoms with E-state index in [2.05, 4.69) is 16.9 Å². The number of carbonyl (C=O) groups excluding carboxylic acids is 1. The first kappa shape index (κ1) is 18.4. The number of fused-ring (bicyclic) bond motifs is 1. The molecule has 0 saturated carbocycles. The summed E-state index contributed by atoms with van der Waals surface area (Å²) in [6.45, 7) is 3.99. The van der Waals surface area contributed by atoms with Crippen LogP contribution >= 0.6 is 11.8 Å². The van der Waals surface area contributed by atoms with Gasteiger partial charge in [0.05, 0.1) is 28.3 Å². The highest BCUT2D eigenvalue weighted by Gasteiger charge is 2.12. The van der Waals surface area contributed by atoms with Gasteiger partial charge in [-0.3, -0.25) is 14.2 Å². The Labute approximate surface area is 160 Å². The van der Waals surface area contributed by atoms with Crippen molar-refractivity contribution in [1.82, 2.24) is 9.55 Å². The predicted octanol–water partition coefficient (Wildman–Crippen LogP) is 3.18. The van der Waals surface area contributed by atoms with Crippen molar-refractivity contribution in [3.05, 3.63) is 77.1 Å². The van der Waals surface area contributed by atoms with Crippen LogP contribution in [0.3, 0.4) is 0 Å². The fourth-order valence-corrected chi connectivity index (χ4v) is 3.35. The average Bonchev–Trinajstić information content (AvgIpc) is 2.69. The van der Waals surface area contributed by atoms with E-state index in [9.17, 15) is 9.59 Å². The van der Waals surface area contributed by atoms with Crippen LogP contribution in [0.2, 0.25) is 0 Å². The van der Waals surface area contributed by atoms with Crippen molar-refractivity contribution in [3.63, 3.8) is 0 Å². The van der Waals surface area contributed by atoms with Crippen LogP contribution in [0.15, 0.2) is 71.1 Å². The van der Waals surface area contributed by atoms with Gasteiger partial charge in [0.25, 0.3) is 5.56 Å². The molecule has 0 aliphatic rings. The van der Waals surface area contributed by atoms with E-state index in [1.807, 2.05) is 12.1 Å². The first-order valence-corrected chi connectivity index (χ1v) is 9.14. The highest BCUT2D eigenvalue weighted by atomic mass is 32.2. The monoisotopic (exact) mass is 376 g/mol. The smallest absolute Gasteiger partial charge is 0.262 e. The van der Waals surface area contributed by atoms with E-state index >= 15 is 0 Å². The molecule has 1 aromatic heterocycles. The largest absolute Gasteiger partial charge is 0.325 e. The maximum absolute atomic E-state index is 12.7. The van der Waals surface area contributed by atoms with Crippen molar-refractivity contribution >= 4 is 34.3 Å². The third kappa shape index (κ3) is 4.25. The standard InChI is InChI=1S/C20H16N4O2S/c1-2-10-24-19(26)16-8-3-4-9-17(16)23-20(24)27-13-18(25)22-15-7-5-6-14(11-15)12-21/h2-9,11H,1,10,13H2,(H,22,25). The molecule has 2 aromatic carbocycles. The van der Waals surface area contributed by atoms with Crippen LogP contribution in [-0.2, 0) is 11.3 Å². The number of thioether (sulfide) groups is 1. The number of allylic oxidation sites excluding steroid dienone is 1.